The summed E-state index contributed by atoms with van der Waals surface area (Å²) in [5.41, 5.74) is 3.93. The highest BCUT2D eigenvalue weighted by Gasteiger charge is 2.16. The number of carbonyl (C=O) groups excluding carboxylic acids is 1. The van der Waals surface area contributed by atoms with E-state index in [4.69, 9.17) is 0 Å². The van der Waals surface area contributed by atoms with Crippen molar-refractivity contribution in [2.75, 3.05) is 5.32 Å². The van der Waals surface area contributed by atoms with Crippen molar-refractivity contribution in [3.05, 3.63) is 63.0 Å². The van der Waals surface area contributed by atoms with Gasteiger partial charge < -0.3 is 5.32 Å². The van der Waals surface area contributed by atoms with E-state index in [-0.39, 0.29) is 11.5 Å². The van der Waals surface area contributed by atoms with Crippen LogP contribution in [0.4, 0.5) is 5.82 Å². The summed E-state index contributed by atoms with van der Waals surface area (Å²) in [4.78, 5) is 35.2. The number of anilines is 1. The van der Waals surface area contributed by atoms with Crippen molar-refractivity contribution in [2.24, 2.45) is 0 Å². The first-order valence-electron chi connectivity index (χ1n) is 8.70. The Balaban J connectivity index is 1.76. The van der Waals surface area contributed by atoms with Gasteiger partial charge in [0, 0.05) is 30.1 Å². The van der Waals surface area contributed by atoms with E-state index in [0.29, 0.717) is 30.3 Å². The fourth-order valence-electron chi connectivity index (χ4n) is 2.96. The predicted molar refractivity (Wildman–Crippen MR) is 102 cm³/mol. The molecule has 27 heavy (non-hydrogen) atoms. The molecule has 8 heteroatoms. The van der Waals surface area contributed by atoms with E-state index in [1.54, 1.807) is 17.8 Å². The highest BCUT2D eigenvalue weighted by molar-refractivity contribution is 5.90. The van der Waals surface area contributed by atoms with E-state index in [1.165, 1.54) is 6.07 Å². The maximum absolute atomic E-state index is 12.3. The second-order valence-corrected chi connectivity index (χ2v) is 6.49. The number of hydrogen-bond donors (Lipinski definition) is 2. The molecule has 0 fully saturated rings. The van der Waals surface area contributed by atoms with Gasteiger partial charge in [-0.1, -0.05) is 6.07 Å². The minimum atomic E-state index is -0.225. The van der Waals surface area contributed by atoms with Crippen LogP contribution in [0.2, 0.25) is 0 Å². The van der Waals surface area contributed by atoms with Crippen molar-refractivity contribution in [1.82, 2.24) is 24.7 Å². The molecule has 0 aliphatic heterocycles. The third kappa shape index (κ3) is 4.11. The van der Waals surface area contributed by atoms with Gasteiger partial charge in [0.05, 0.1) is 5.69 Å². The van der Waals surface area contributed by atoms with Crippen LogP contribution in [-0.4, -0.2) is 30.6 Å². The molecule has 3 heterocycles. The highest BCUT2D eigenvalue weighted by atomic mass is 16.1. The Labute approximate surface area is 156 Å². The van der Waals surface area contributed by atoms with Gasteiger partial charge in [-0.2, -0.15) is 5.10 Å². The number of pyridine rings is 1. The number of nitrogens with one attached hydrogen (secondary N) is 2. The van der Waals surface area contributed by atoms with Gasteiger partial charge in [-0.3, -0.25) is 14.6 Å². The first kappa shape index (κ1) is 18.5. The molecule has 0 saturated heterocycles. The fourth-order valence-corrected chi connectivity index (χ4v) is 2.96. The number of H-pyrrole nitrogens is 1. The molecule has 0 bridgehead atoms. The molecular weight excluding hydrogens is 344 g/mol. The predicted octanol–water partition coefficient (Wildman–Crippen LogP) is 2.16. The number of nitrogens with zero attached hydrogens (tertiary/aromatic N) is 4. The van der Waals surface area contributed by atoms with Crippen LogP contribution in [0.25, 0.3) is 5.95 Å². The van der Waals surface area contributed by atoms with Crippen LogP contribution in [0, 0.1) is 27.7 Å². The SMILES string of the molecule is Cc1cc(=O)[nH]c(-n2nc(C)c(CCC(=O)Nc3ncccc3C)c2C)n1. The normalized spacial score (nSPS) is 10.8. The average molecular weight is 366 g/mol. The molecule has 0 unspecified atom stereocenters. The molecule has 2 N–H and O–H groups in total. The van der Waals surface area contributed by atoms with Crippen LogP contribution in [0.3, 0.4) is 0 Å². The lowest BCUT2D eigenvalue weighted by atomic mass is 10.1. The molecule has 8 nitrogen and oxygen atoms in total. The summed E-state index contributed by atoms with van der Waals surface area (Å²) in [6.07, 6.45) is 2.49. The van der Waals surface area contributed by atoms with Crippen LogP contribution < -0.4 is 10.9 Å². The third-order valence-corrected chi connectivity index (χ3v) is 4.37. The topological polar surface area (TPSA) is 106 Å². The van der Waals surface area contributed by atoms with Gasteiger partial charge in [0.2, 0.25) is 11.9 Å². The first-order valence-corrected chi connectivity index (χ1v) is 8.70. The van der Waals surface area contributed by atoms with Gasteiger partial charge in [0.1, 0.15) is 5.82 Å². The number of aromatic nitrogens is 5. The van der Waals surface area contributed by atoms with E-state index in [0.717, 1.165) is 22.5 Å². The van der Waals surface area contributed by atoms with Crippen molar-refractivity contribution >= 4 is 11.7 Å². The Kier molecular flexibility index (Phi) is 5.16. The maximum atomic E-state index is 12.3. The van der Waals surface area contributed by atoms with Crippen molar-refractivity contribution in [3.63, 3.8) is 0 Å². The molecular formula is C19H22N6O2. The number of aryl methyl sites for hydroxylation is 3. The van der Waals surface area contributed by atoms with Gasteiger partial charge in [-0.15, -0.1) is 0 Å². The number of carbonyl (C=O) groups is 1. The van der Waals surface area contributed by atoms with Gasteiger partial charge >= 0.3 is 0 Å². The molecule has 0 aliphatic carbocycles. The molecule has 1 amide bonds. The summed E-state index contributed by atoms with van der Waals surface area (Å²) in [5.74, 6) is 0.846. The van der Waals surface area contributed by atoms with E-state index < -0.39 is 0 Å². The zero-order chi connectivity index (χ0) is 19.6. The summed E-state index contributed by atoms with van der Waals surface area (Å²) in [6.45, 7) is 7.44. The molecule has 3 aromatic rings. The Hall–Kier alpha value is -3.29. The minimum Gasteiger partial charge on any atom is -0.310 e. The van der Waals surface area contributed by atoms with Crippen molar-refractivity contribution in [1.29, 1.82) is 0 Å². The summed E-state index contributed by atoms with van der Waals surface area (Å²) < 4.78 is 1.61. The van der Waals surface area contributed by atoms with Gasteiger partial charge in [-0.05, 0) is 51.3 Å². The summed E-state index contributed by atoms with van der Waals surface area (Å²) in [5, 5.41) is 7.31. The van der Waals surface area contributed by atoms with Gasteiger partial charge in [-0.25, -0.2) is 14.6 Å². The zero-order valence-electron chi connectivity index (χ0n) is 15.8. The average Bonchev–Trinajstić information content (AvgIpc) is 2.88. The smallest absolute Gasteiger partial charge is 0.252 e. The zero-order valence-corrected chi connectivity index (χ0v) is 15.8. The minimum absolute atomic E-state index is 0.106. The van der Waals surface area contributed by atoms with Crippen LogP contribution in [0.15, 0.2) is 29.2 Å². The summed E-state index contributed by atoms with van der Waals surface area (Å²) in [7, 11) is 0. The Bertz CT molecular complexity index is 1050. The van der Waals surface area contributed by atoms with E-state index in [2.05, 4.69) is 25.4 Å². The van der Waals surface area contributed by atoms with E-state index >= 15 is 0 Å². The molecule has 0 atom stereocenters. The van der Waals surface area contributed by atoms with E-state index in [1.807, 2.05) is 32.9 Å². The van der Waals surface area contributed by atoms with Crippen molar-refractivity contribution < 1.29 is 4.79 Å². The van der Waals surface area contributed by atoms with Crippen LogP contribution in [-0.2, 0) is 11.2 Å². The monoisotopic (exact) mass is 366 g/mol. The lowest BCUT2D eigenvalue weighted by Gasteiger charge is -2.07. The lowest BCUT2D eigenvalue weighted by molar-refractivity contribution is -0.116. The molecule has 0 aromatic carbocycles. The number of amides is 1. The first-order chi connectivity index (χ1) is 12.8. The largest absolute Gasteiger partial charge is 0.310 e. The second kappa shape index (κ2) is 7.53. The molecule has 3 aromatic heterocycles. The second-order valence-electron chi connectivity index (χ2n) is 6.49. The number of hydrogen-bond acceptors (Lipinski definition) is 5. The Morgan fingerprint density at radius 3 is 2.74 bits per heavy atom. The molecule has 0 spiro atoms. The third-order valence-electron chi connectivity index (χ3n) is 4.37. The standard InChI is InChI=1S/C19H22N6O2/c1-11-6-5-9-20-18(11)22-16(26)8-7-15-13(3)24-25(14(15)4)19-21-12(2)10-17(27)23-19/h5-6,9-10H,7-8H2,1-4H3,(H,20,22,26)(H,21,23,27). The van der Waals surface area contributed by atoms with Crippen LogP contribution in [0.5, 0.6) is 0 Å². The molecule has 140 valence electrons. The molecule has 0 aliphatic rings. The Morgan fingerprint density at radius 1 is 1.26 bits per heavy atom. The van der Waals surface area contributed by atoms with Crippen LogP contribution in [0.1, 0.15) is 34.6 Å². The highest BCUT2D eigenvalue weighted by Crippen LogP contribution is 2.18. The van der Waals surface area contributed by atoms with Crippen molar-refractivity contribution in [2.45, 2.75) is 40.5 Å². The lowest BCUT2D eigenvalue weighted by Crippen LogP contribution is -2.15. The quantitative estimate of drug-likeness (QED) is 0.720. The maximum Gasteiger partial charge on any atom is 0.252 e. The van der Waals surface area contributed by atoms with E-state index in [9.17, 15) is 9.59 Å². The fraction of sp³-hybridized carbons (Fsp3) is 0.316. The van der Waals surface area contributed by atoms with Crippen LogP contribution >= 0.6 is 0 Å². The van der Waals surface area contributed by atoms with Gasteiger partial charge in [0.15, 0.2) is 0 Å². The van der Waals surface area contributed by atoms with Gasteiger partial charge in [0.25, 0.3) is 5.56 Å². The Morgan fingerprint density at radius 2 is 2.04 bits per heavy atom. The number of aromatic amines is 1. The molecule has 0 saturated carbocycles. The number of rotatable bonds is 5. The summed E-state index contributed by atoms with van der Waals surface area (Å²) >= 11 is 0. The summed E-state index contributed by atoms with van der Waals surface area (Å²) in [6, 6.07) is 5.16. The molecule has 0 radical (unpaired) electrons. The molecule has 3 rings (SSSR count). The van der Waals surface area contributed by atoms with Crippen molar-refractivity contribution in [3.8, 4) is 5.95 Å².